The number of imidazole rings is 1. The summed E-state index contributed by atoms with van der Waals surface area (Å²) in [5.74, 6) is 0.961. The molecule has 1 fully saturated rings. The van der Waals surface area contributed by atoms with E-state index >= 15 is 0 Å². The predicted molar refractivity (Wildman–Crippen MR) is 131 cm³/mol. The Hall–Kier alpha value is -3.71. The lowest BCUT2D eigenvalue weighted by Gasteiger charge is -2.34. The van der Waals surface area contributed by atoms with Crippen molar-refractivity contribution >= 4 is 22.9 Å². The monoisotopic (exact) mass is 440 g/mol. The van der Waals surface area contributed by atoms with Crippen molar-refractivity contribution in [2.45, 2.75) is 20.4 Å². The molecule has 33 heavy (non-hydrogen) atoms. The number of anilines is 1. The van der Waals surface area contributed by atoms with Gasteiger partial charge in [0.25, 0.3) is 0 Å². The van der Waals surface area contributed by atoms with Crippen LogP contribution in [0.4, 0.5) is 10.5 Å². The minimum Gasteiger partial charge on any atom is -0.322 e. The van der Waals surface area contributed by atoms with E-state index in [1.807, 2.05) is 61.2 Å². The lowest BCUT2D eigenvalue weighted by molar-refractivity contribution is 0.140. The molecule has 1 N–H and O–H groups in total. The van der Waals surface area contributed by atoms with Gasteiger partial charge in [0.05, 0.1) is 6.54 Å². The number of amides is 2. The lowest BCUT2D eigenvalue weighted by Crippen LogP contribution is -2.49. The molecule has 1 aliphatic rings. The summed E-state index contributed by atoms with van der Waals surface area (Å²) in [6.45, 7) is 7.71. The van der Waals surface area contributed by atoms with Gasteiger partial charge in [0.2, 0.25) is 0 Å². The fraction of sp³-hybridized carbons (Fsp3) is 0.269. The normalized spacial score (nSPS) is 14.5. The minimum absolute atomic E-state index is 0.0379. The van der Waals surface area contributed by atoms with Gasteiger partial charge >= 0.3 is 6.03 Å². The zero-order valence-electron chi connectivity index (χ0n) is 19.0. The van der Waals surface area contributed by atoms with Crippen molar-refractivity contribution in [3.8, 4) is 5.69 Å². The van der Waals surface area contributed by atoms with Gasteiger partial charge in [-0.25, -0.2) is 14.8 Å². The molecule has 0 aliphatic carbocycles. The van der Waals surface area contributed by atoms with Gasteiger partial charge in [0, 0.05) is 43.8 Å². The number of rotatable bonds is 4. The molecule has 3 heterocycles. The molecule has 0 atom stereocenters. The van der Waals surface area contributed by atoms with Crippen LogP contribution >= 0.6 is 0 Å². The van der Waals surface area contributed by atoms with E-state index in [1.165, 1.54) is 0 Å². The average Bonchev–Trinajstić information content (AvgIpc) is 3.20. The van der Waals surface area contributed by atoms with Crippen LogP contribution in [0.5, 0.6) is 0 Å². The maximum absolute atomic E-state index is 12.8. The Morgan fingerprint density at radius 2 is 1.76 bits per heavy atom. The quantitative estimate of drug-likeness (QED) is 0.511. The number of aromatic nitrogens is 3. The maximum Gasteiger partial charge on any atom is 0.321 e. The van der Waals surface area contributed by atoms with Crippen molar-refractivity contribution in [2.24, 2.45) is 0 Å². The third-order valence-corrected chi connectivity index (χ3v) is 6.16. The summed E-state index contributed by atoms with van der Waals surface area (Å²) >= 11 is 0. The van der Waals surface area contributed by atoms with E-state index in [1.54, 1.807) is 6.20 Å². The van der Waals surface area contributed by atoms with Crippen LogP contribution in [0.3, 0.4) is 0 Å². The molecule has 0 radical (unpaired) electrons. The Labute approximate surface area is 193 Å². The summed E-state index contributed by atoms with van der Waals surface area (Å²) in [6, 6.07) is 20.2. The molecule has 2 amide bonds. The first-order valence-electron chi connectivity index (χ1n) is 11.3. The number of carbonyl (C=O) groups is 1. The fourth-order valence-electron chi connectivity index (χ4n) is 4.29. The Morgan fingerprint density at radius 3 is 2.55 bits per heavy atom. The van der Waals surface area contributed by atoms with E-state index < -0.39 is 0 Å². The molecule has 4 aromatic rings. The molecule has 0 spiro atoms. The van der Waals surface area contributed by atoms with E-state index in [-0.39, 0.29) is 6.03 Å². The van der Waals surface area contributed by atoms with Gasteiger partial charge in [0.15, 0.2) is 5.65 Å². The van der Waals surface area contributed by atoms with Crippen LogP contribution < -0.4 is 5.32 Å². The Kier molecular flexibility index (Phi) is 5.79. The summed E-state index contributed by atoms with van der Waals surface area (Å²) < 4.78 is 2.13. The second kappa shape index (κ2) is 9.03. The molecule has 168 valence electrons. The highest BCUT2D eigenvalue weighted by Gasteiger charge is 2.23. The van der Waals surface area contributed by atoms with Crippen LogP contribution in [0, 0.1) is 13.8 Å². The first kappa shape index (κ1) is 21.2. The topological polar surface area (TPSA) is 66.3 Å². The molecule has 2 aromatic carbocycles. The number of fused-ring (bicyclic) bond motifs is 1. The zero-order chi connectivity index (χ0) is 22.8. The van der Waals surface area contributed by atoms with Crippen molar-refractivity contribution in [1.82, 2.24) is 24.3 Å². The van der Waals surface area contributed by atoms with Gasteiger partial charge in [-0.1, -0.05) is 30.3 Å². The van der Waals surface area contributed by atoms with Crippen LogP contribution in [-0.2, 0) is 6.54 Å². The highest BCUT2D eigenvalue weighted by Crippen LogP contribution is 2.22. The van der Waals surface area contributed by atoms with Gasteiger partial charge in [-0.2, -0.15) is 0 Å². The number of hydrogen-bond acceptors (Lipinski definition) is 4. The van der Waals surface area contributed by atoms with Crippen molar-refractivity contribution in [2.75, 3.05) is 31.5 Å². The number of nitrogens with zero attached hydrogens (tertiary/aromatic N) is 5. The van der Waals surface area contributed by atoms with E-state index in [9.17, 15) is 4.79 Å². The number of benzene rings is 2. The molecule has 1 aliphatic heterocycles. The second-order valence-electron chi connectivity index (χ2n) is 8.56. The van der Waals surface area contributed by atoms with Gasteiger partial charge in [-0.3, -0.25) is 9.47 Å². The molecule has 0 bridgehead atoms. The Balaban J connectivity index is 1.28. The zero-order valence-corrected chi connectivity index (χ0v) is 19.0. The number of nitrogens with one attached hydrogen (secondary N) is 1. The van der Waals surface area contributed by atoms with Crippen LogP contribution in [0.1, 0.15) is 17.0 Å². The van der Waals surface area contributed by atoms with E-state index in [0.717, 1.165) is 52.6 Å². The first-order valence-corrected chi connectivity index (χ1v) is 11.3. The SMILES string of the molecule is Cc1ccc(C)c(NC(=O)N2CCN(Cc3nc4cccnc4n3-c3ccccc3)CC2)c1. The van der Waals surface area contributed by atoms with Crippen LogP contribution in [-0.4, -0.2) is 56.5 Å². The third-order valence-electron chi connectivity index (χ3n) is 6.16. The smallest absolute Gasteiger partial charge is 0.321 e. The third kappa shape index (κ3) is 4.45. The summed E-state index contributed by atoms with van der Waals surface area (Å²) in [5, 5.41) is 3.08. The number of carbonyl (C=O) groups excluding carboxylic acids is 1. The summed E-state index contributed by atoms with van der Waals surface area (Å²) in [6.07, 6.45) is 1.81. The van der Waals surface area contributed by atoms with Crippen LogP contribution in [0.25, 0.3) is 16.9 Å². The number of aryl methyl sites for hydroxylation is 2. The highest BCUT2D eigenvalue weighted by molar-refractivity contribution is 5.90. The lowest BCUT2D eigenvalue weighted by atomic mass is 10.1. The minimum atomic E-state index is -0.0379. The first-order chi connectivity index (χ1) is 16.1. The van der Waals surface area contributed by atoms with Crippen LogP contribution in [0.2, 0.25) is 0 Å². The molecular formula is C26H28N6O. The Morgan fingerprint density at radius 1 is 0.970 bits per heavy atom. The van der Waals surface area contributed by atoms with Crippen molar-refractivity contribution in [3.63, 3.8) is 0 Å². The number of urea groups is 1. The number of para-hydroxylation sites is 1. The van der Waals surface area contributed by atoms with E-state index in [2.05, 4.69) is 38.0 Å². The van der Waals surface area contributed by atoms with Gasteiger partial charge < -0.3 is 10.2 Å². The molecule has 7 nitrogen and oxygen atoms in total. The second-order valence-corrected chi connectivity index (χ2v) is 8.56. The maximum atomic E-state index is 12.8. The molecule has 5 rings (SSSR count). The number of piperazine rings is 1. The van der Waals surface area contributed by atoms with Crippen molar-refractivity contribution < 1.29 is 4.79 Å². The van der Waals surface area contributed by atoms with Gasteiger partial charge in [0.1, 0.15) is 11.3 Å². The predicted octanol–water partition coefficient (Wildman–Crippen LogP) is 4.39. The van der Waals surface area contributed by atoms with E-state index in [0.29, 0.717) is 19.6 Å². The standard InChI is InChI=1S/C26H28N6O/c1-19-10-11-20(2)23(17-19)29-26(33)31-15-13-30(14-16-31)18-24-28-22-9-6-12-27-25(22)32(24)21-7-4-3-5-8-21/h3-12,17H,13-16,18H2,1-2H3,(H,29,33). The molecule has 0 saturated carbocycles. The number of hydrogen-bond donors (Lipinski definition) is 1. The molecular weight excluding hydrogens is 412 g/mol. The Bertz CT molecular complexity index is 1270. The van der Waals surface area contributed by atoms with Gasteiger partial charge in [-0.15, -0.1) is 0 Å². The molecule has 7 heteroatoms. The number of pyridine rings is 1. The van der Waals surface area contributed by atoms with Crippen molar-refractivity contribution in [3.05, 3.63) is 83.8 Å². The molecule has 1 saturated heterocycles. The van der Waals surface area contributed by atoms with E-state index in [4.69, 9.17) is 4.98 Å². The van der Waals surface area contributed by atoms with Crippen LogP contribution in [0.15, 0.2) is 66.9 Å². The highest BCUT2D eigenvalue weighted by atomic mass is 16.2. The average molecular weight is 441 g/mol. The van der Waals surface area contributed by atoms with Crippen molar-refractivity contribution in [1.29, 1.82) is 0 Å². The molecule has 2 aromatic heterocycles. The van der Waals surface area contributed by atoms with Gasteiger partial charge in [-0.05, 0) is 55.3 Å². The summed E-state index contributed by atoms with van der Waals surface area (Å²) in [7, 11) is 0. The largest absolute Gasteiger partial charge is 0.322 e. The summed E-state index contributed by atoms with van der Waals surface area (Å²) in [5.41, 5.74) is 5.90. The summed E-state index contributed by atoms with van der Waals surface area (Å²) in [4.78, 5) is 26.5. The molecule has 0 unspecified atom stereocenters. The fourth-order valence-corrected chi connectivity index (χ4v) is 4.29.